The third-order valence-electron chi connectivity index (χ3n) is 19.8. The Morgan fingerprint density at radius 2 is 0.625 bits per heavy atom. The first-order chi connectivity index (χ1) is 42.1. The molecule has 0 heterocycles. The summed E-state index contributed by atoms with van der Waals surface area (Å²) in [5.41, 5.74) is 18.8. The van der Waals surface area contributed by atoms with Crippen LogP contribution >= 0.6 is 0 Å². The van der Waals surface area contributed by atoms with Gasteiger partial charge in [-0.2, -0.15) is 0 Å². The predicted octanol–water partition coefficient (Wildman–Crippen LogP) is 26.5. The topological polar surface area (TPSA) is 0 Å². The second-order valence-corrected chi connectivity index (χ2v) is 28.2. The van der Waals surface area contributed by atoms with E-state index in [2.05, 4.69) is 288 Å². The number of hydrogen-bond acceptors (Lipinski definition) is 0. The molecule has 1 unspecified atom stereocenters. The van der Waals surface area contributed by atoms with Gasteiger partial charge in [-0.15, -0.1) is 0 Å². The molecule has 0 nitrogen and oxygen atoms in total. The summed E-state index contributed by atoms with van der Waals surface area (Å²) in [6, 6.07) is 61.8. The van der Waals surface area contributed by atoms with Crippen LogP contribution in [0.1, 0.15) is 193 Å². The quantitative estimate of drug-likeness (QED) is 0.107. The van der Waals surface area contributed by atoms with E-state index in [1.165, 1.54) is 229 Å². The van der Waals surface area contributed by atoms with Crippen LogP contribution in [0.4, 0.5) is 0 Å². The van der Waals surface area contributed by atoms with Crippen LogP contribution in [0.3, 0.4) is 0 Å². The van der Waals surface area contributed by atoms with Crippen molar-refractivity contribution in [2.75, 3.05) is 0 Å². The van der Waals surface area contributed by atoms with E-state index >= 15 is 0 Å². The van der Waals surface area contributed by atoms with Crippen LogP contribution in [-0.4, -0.2) is 0 Å². The molecule has 0 saturated heterocycles. The highest BCUT2D eigenvalue weighted by atomic mass is 14.2. The maximum atomic E-state index is 2.46. The molecule has 12 aromatic carbocycles. The van der Waals surface area contributed by atoms with Crippen molar-refractivity contribution in [1.82, 2.24) is 0 Å². The Hall–Kier alpha value is -7.28. The summed E-state index contributed by atoms with van der Waals surface area (Å²) in [4.78, 5) is 0. The summed E-state index contributed by atoms with van der Waals surface area (Å²) in [6.07, 6.45) is 14.0. The predicted molar refractivity (Wildman–Crippen MR) is 395 cm³/mol. The Morgan fingerprint density at radius 1 is 0.295 bits per heavy atom. The summed E-state index contributed by atoms with van der Waals surface area (Å²) < 4.78 is 0. The Balaban J connectivity index is 0.000000141. The molecule has 0 fully saturated rings. The van der Waals surface area contributed by atoms with Crippen molar-refractivity contribution in [3.63, 3.8) is 0 Å². The fourth-order valence-electron chi connectivity index (χ4n) is 13.8. The van der Waals surface area contributed by atoms with Crippen LogP contribution in [0.15, 0.2) is 164 Å². The molecule has 0 heteroatoms. The molecule has 0 aliphatic heterocycles. The molecule has 0 bridgehead atoms. The number of rotatable bonds is 12. The second-order valence-electron chi connectivity index (χ2n) is 28.2. The summed E-state index contributed by atoms with van der Waals surface area (Å²) in [5, 5.41) is 22.3. The molecule has 456 valence electrons. The third-order valence-corrected chi connectivity index (χ3v) is 19.8. The first kappa shape index (κ1) is 65.2. The van der Waals surface area contributed by atoms with Gasteiger partial charge in [-0.3, -0.25) is 0 Å². The molecule has 0 aromatic heterocycles. The van der Waals surface area contributed by atoms with E-state index in [0.29, 0.717) is 0 Å². The standard InChI is InChI=1S/3C24H30.C16H14/c1-15-19-11-9-18(24(6,7)8)14-22(19)16(2)20-12-10-17(13-21(15)20)23(3,4)5;1-5-7-10-19(6-2)15-20-13-14-23-17(3)21-11-8-9-12-22(21)18(4)24(23)16-20;1-5-7-9-19-11-13-21-18(4)24-16-20(10-8-6-2)12-14-22(24)17(3)23(21)15-19;1-11-5-3-7-13-10-16-12(2)6-4-8-14(16)9-15(11)13/h9-14H,1-8H3;8-9,11-14,16,19H,5-7,10,15H2,1-4H3;11-16H,5-10H2,1-4H3;3-10H,1-2H3. The lowest BCUT2D eigenvalue weighted by atomic mass is 9.82. The van der Waals surface area contributed by atoms with Crippen molar-refractivity contribution in [3.05, 3.63) is 236 Å². The summed E-state index contributed by atoms with van der Waals surface area (Å²) >= 11 is 0. The van der Waals surface area contributed by atoms with Gasteiger partial charge >= 0.3 is 0 Å². The van der Waals surface area contributed by atoms with Crippen LogP contribution in [0, 0.1) is 61.3 Å². The first-order valence-electron chi connectivity index (χ1n) is 33.8. The fraction of sp³-hybridized carbons (Fsp3) is 0.364. The fourth-order valence-corrected chi connectivity index (χ4v) is 13.8. The van der Waals surface area contributed by atoms with Crippen LogP contribution in [0.2, 0.25) is 0 Å². The third kappa shape index (κ3) is 14.2. The van der Waals surface area contributed by atoms with Crippen molar-refractivity contribution in [2.24, 2.45) is 5.92 Å². The first-order valence-corrected chi connectivity index (χ1v) is 33.8. The van der Waals surface area contributed by atoms with Gasteiger partial charge in [0.15, 0.2) is 0 Å². The van der Waals surface area contributed by atoms with Gasteiger partial charge in [-0.25, -0.2) is 0 Å². The molecule has 0 saturated carbocycles. The van der Waals surface area contributed by atoms with Gasteiger partial charge in [0, 0.05) is 0 Å². The Bertz CT molecular complexity index is 4230. The highest BCUT2D eigenvalue weighted by Crippen LogP contribution is 2.39. The highest BCUT2D eigenvalue weighted by molar-refractivity contribution is 6.08. The number of aryl methyl sites for hydroxylation is 10. The van der Waals surface area contributed by atoms with Gasteiger partial charge in [0.25, 0.3) is 0 Å². The second kappa shape index (κ2) is 28.0. The van der Waals surface area contributed by atoms with E-state index in [0.717, 1.165) is 5.92 Å². The van der Waals surface area contributed by atoms with Gasteiger partial charge in [0.05, 0.1) is 0 Å². The zero-order valence-corrected chi connectivity index (χ0v) is 57.4. The average Bonchev–Trinajstić information content (AvgIpc) is 0.937. The number of benzene rings is 12. The van der Waals surface area contributed by atoms with Crippen LogP contribution in [-0.2, 0) is 30.1 Å². The highest BCUT2D eigenvalue weighted by Gasteiger charge is 2.20. The van der Waals surface area contributed by atoms with Crippen LogP contribution in [0.5, 0.6) is 0 Å². The van der Waals surface area contributed by atoms with E-state index in [9.17, 15) is 0 Å². The Kier molecular flexibility index (Phi) is 20.8. The molecule has 88 heavy (non-hydrogen) atoms. The van der Waals surface area contributed by atoms with Crippen molar-refractivity contribution in [2.45, 2.75) is 206 Å². The van der Waals surface area contributed by atoms with Gasteiger partial charge in [0.2, 0.25) is 0 Å². The molecular weight excluding hydrogens is 1060 g/mol. The van der Waals surface area contributed by atoms with Crippen LogP contribution in [0.25, 0.3) is 86.2 Å². The molecule has 0 radical (unpaired) electrons. The van der Waals surface area contributed by atoms with Crippen molar-refractivity contribution >= 4 is 86.2 Å². The van der Waals surface area contributed by atoms with Gasteiger partial charge < -0.3 is 0 Å². The Labute approximate surface area is 531 Å². The average molecular weight is 1160 g/mol. The van der Waals surface area contributed by atoms with Crippen molar-refractivity contribution in [3.8, 4) is 0 Å². The zero-order valence-electron chi connectivity index (χ0n) is 57.4. The lowest BCUT2D eigenvalue weighted by molar-refractivity contribution is 0.449. The van der Waals surface area contributed by atoms with E-state index in [4.69, 9.17) is 0 Å². The smallest absolute Gasteiger partial charge is 0.0132 e. The normalized spacial score (nSPS) is 12.2. The molecule has 0 aliphatic rings. The molecule has 0 N–H and O–H groups in total. The molecule has 12 aromatic rings. The SMILES string of the molecule is CCCCC(CC)Cc1ccc2c(C)c3ccccc3c(C)c2c1.CCCCc1ccc2c(C)c3cc(CCCC)ccc3c(C)c2c1.Cc1c2ccc(C(C)(C)C)cc2c(C)c2ccc(C(C)(C)C)cc12.Cc1cccc2cc3c(C)cccc3cc12. The van der Waals surface area contributed by atoms with Gasteiger partial charge in [0.1, 0.15) is 0 Å². The minimum absolute atomic E-state index is 0.180. The van der Waals surface area contributed by atoms with Crippen LogP contribution < -0.4 is 0 Å². The zero-order chi connectivity index (χ0) is 63.2. The summed E-state index contributed by atoms with van der Waals surface area (Å²) in [5.74, 6) is 0.823. The summed E-state index contributed by atoms with van der Waals surface area (Å²) in [6.45, 7) is 40.9. The van der Waals surface area contributed by atoms with Crippen molar-refractivity contribution in [1.29, 1.82) is 0 Å². The van der Waals surface area contributed by atoms with E-state index < -0.39 is 0 Å². The lowest BCUT2D eigenvalue weighted by Gasteiger charge is -2.23. The number of unbranched alkanes of at least 4 members (excludes halogenated alkanes) is 3. The van der Waals surface area contributed by atoms with E-state index in [-0.39, 0.29) is 10.8 Å². The van der Waals surface area contributed by atoms with Crippen molar-refractivity contribution < 1.29 is 0 Å². The molecule has 0 amide bonds. The largest absolute Gasteiger partial charge is 0.0654 e. The molecule has 12 rings (SSSR count). The molecule has 1 atom stereocenters. The van der Waals surface area contributed by atoms with E-state index in [1.54, 1.807) is 0 Å². The number of hydrogen-bond donors (Lipinski definition) is 0. The summed E-state index contributed by atoms with van der Waals surface area (Å²) in [7, 11) is 0. The minimum Gasteiger partial charge on any atom is -0.0654 e. The molecule has 0 aliphatic carbocycles. The maximum Gasteiger partial charge on any atom is -0.0132 e. The molecule has 0 spiro atoms. The molecular formula is C88H104. The monoisotopic (exact) mass is 1160 g/mol. The Morgan fingerprint density at radius 3 is 0.989 bits per heavy atom. The minimum atomic E-state index is 0.180. The van der Waals surface area contributed by atoms with Gasteiger partial charge in [-0.05, 0) is 275 Å². The van der Waals surface area contributed by atoms with Gasteiger partial charge in [-0.1, -0.05) is 259 Å². The maximum absolute atomic E-state index is 2.46. The number of fused-ring (bicyclic) bond motifs is 8. The van der Waals surface area contributed by atoms with E-state index in [1.807, 2.05) is 0 Å². The lowest BCUT2D eigenvalue weighted by Crippen LogP contribution is -2.11.